The first kappa shape index (κ1) is 20.6. The molecule has 0 amide bonds. The van der Waals surface area contributed by atoms with Crippen LogP contribution in [0.3, 0.4) is 0 Å². The molecule has 2 aromatic heterocycles. The van der Waals surface area contributed by atoms with Crippen LogP contribution in [-0.4, -0.2) is 44.6 Å². The van der Waals surface area contributed by atoms with Crippen molar-refractivity contribution < 1.29 is 8.42 Å². The average Bonchev–Trinajstić information content (AvgIpc) is 2.76. The molecule has 1 aliphatic rings. The fourth-order valence-corrected chi connectivity index (χ4v) is 4.51. The Labute approximate surface area is 181 Å². The summed E-state index contributed by atoms with van der Waals surface area (Å²) >= 11 is 6.34. The number of halogens is 1. The zero-order valence-electron chi connectivity index (χ0n) is 16.5. The first-order chi connectivity index (χ1) is 14.4. The van der Waals surface area contributed by atoms with Gasteiger partial charge in [-0.1, -0.05) is 41.9 Å². The number of hydrogen-bond acceptors (Lipinski definition) is 6. The molecule has 4 rings (SSSR count). The van der Waals surface area contributed by atoms with E-state index in [2.05, 4.69) is 24.9 Å². The number of nitrogens with one attached hydrogen (secondary N) is 2. The Morgan fingerprint density at radius 2 is 1.77 bits per heavy atom. The van der Waals surface area contributed by atoms with E-state index in [1.165, 1.54) is 6.07 Å². The zero-order valence-corrected chi connectivity index (χ0v) is 18.0. The van der Waals surface area contributed by atoms with Crippen molar-refractivity contribution in [3.05, 3.63) is 65.2 Å². The number of anilines is 2. The van der Waals surface area contributed by atoms with E-state index in [1.54, 1.807) is 18.2 Å². The van der Waals surface area contributed by atoms with Gasteiger partial charge in [0.1, 0.15) is 11.6 Å². The van der Waals surface area contributed by atoms with Crippen LogP contribution in [0.2, 0.25) is 5.02 Å². The van der Waals surface area contributed by atoms with Gasteiger partial charge in [-0.25, -0.2) is 9.97 Å². The molecule has 0 aliphatic carbocycles. The molecule has 3 heterocycles. The van der Waals surface area contributed by atoms with Gasteiger partial charge >= 0.3 is 0 Å². The van der Waals surface area contributed by atoms with Crippen molar-refractivity contribution in [2.75, 3.05) is 35.8 Å². The third-order valence-electron chi connectivity index (χ3n) is 4.91. The number of benzene rings is 1. The minimum absolute atomic E-state index is 0.0484. The third kappa shape index (κ3) is 4.40. The number of hydrogen-bond donors (Lipinski definition) is 2. The molecule has 1 aliphatic heterocycles. The number of aryl methyl sites for hydroxylation is 1. The van der Waals surface area contributed by atoms with E-state index in [0.717, 1.165) is 37.3 Å². The molecular weight excluding hydrogens is 422 g/mol. The first-order valence-corrected chi connectivity index (χ1v) is 11.5. The van der Waals surface area contributed by atoms with Crippen LogP contribution in [0, 0.1) is 6.92 Å². The Balaban J connectivity index is 1.63. The standard InChI is InChI=1S/C21H22ClN5O2S/c1-15-5-2-3-6-16(15)21-17(22)9-10-18(24-21)26-30(28,29)20-8-4-7-19(25-20)27-13-11-23-12-14-27/h2-10,23H,11-14H2,1H3,(H,24,26). The fraction of sp³-hybridized carbons (Fsp3) is 0.238. The highest BCUT2D eigenvalue weighted by molar-refractivity contribution is 7.92. The van der Waals surface area contributed by atoms with Crippen LogP contribution in [0.1, 0.15) is 5.56 Å². The number of aromatic nitrogens is 2. The quantitative estimate of drug-likeness (QED) is 0.629. The summed E-state index contributed by atoms with van der Waals surface area (Å²) in [6.07, 6.45) is 0. The fourth-order valence-electron chi connectivity index (χ4n) is 3.34. The van der Waals surface area contributed by atoms with Crippen molar-refractivity contribution in [3.8, 4) is 11.3 Å². The largest absolute Gasteiger partial charge is 0.354 e. The Hall–Kier alpha value is -2.68. The molecule has 0 spiro atoms. The molecule has 30 heavy (non-hydrogen) atoms. The van der Waals surface area contributed by atoms with E-state index < -0.39 is 10.0 Å². The number of sulfonamides is 1. The molecule has 2 N–H and O–H groups in total. The Bertz CT molecular complexity index is 1160. The van der Waals surface area contributed by atoms with Crippen LogP contribution in [0.5, 0.6) is 0 Å². The van der Waals surface area contributed by atoms with Crippen LogP contribution in [0.25, 0.3) is 11.3 Å². The summed E-state index contributed by atoms with van der Waals surface area (Å²) in [5.74, 6) is 0.830. The summed E-state index contributed by atoms with van der Waals surface area (Å²) in [7, 11) is -3.91. The molecule has 0 saturated carbocycles. The maximum absolute atomic E-state index is 13.0. The van der Waals surface area contributed by atoms with Crippen molar-refractivity contribution in [1.29, 1.82) is 0 Å². The lowest BCUT2D eigenvalue weighted by molar-refractivity contribution is 0.580. The molecule has 156 valence electrons. The maximum atomic E-state index is 13.0. The molecule has 1 fully saturated rings. The second-order valence-corrected chi connectivity index (χ2v) is 9.05. The van der Waals surface area contributed by atoms with Crippen LogP contribution >= 0.6 is 11.6 Å². The lowest BCUT2D eigenvalue weighted by Gasteiger charge is -2.28. The van der Waals surface area contributed by atoms with E-state index in [0.29, 0.717) is 16.5 Å². The van der Waals surface area contributed by atoms with Gasteiger partial charge in [0.05, 0.1) is 10.7 Å². The predicted molar refractivity (Wildman–Crippen MR) is 120 cm³/mol. The van der Waals surface area contributed by atoms with Gasteiger partial charge in [0.2, 0.25) is 0 Å². The topological polar surface area (TPSA) is 87.2 Å². The minimum atomic E-state index is -3.91. The van der Waals surface area contributed by atoms with Crippen LogP contribution in [0.15, 0.2) is 59.6 Å². The van der Waals surface area contributed by atoms with Crippen molar-refractivity contribution in [3.63, 3.8) is 0 Å². The predicted octanol–water partition coefficient (Wildman–Crippen LogP) is 3.32. The Morgan fingerprint density at radius 3 is 2.53 bits per heavy atom. The summed E-state index contributed by atoms with van der Waals surface area (Å²) in [6, 6.07) is 15.9. The van der Waals surface area contributed by atoms with Crippen LogP contribution in [-0.2, 0) is 10.0 Å². The molecule has 0 bridgehead atoms. The van der Waals surface area contributed by atoms with Gasteiger partial charge in [0, 0.05) is 31.7 Å². The highest BCUT2D eigenvalue weighted by Crippen LogP contribution is 2.30. The highest BCUT2D eigenvalue weighted by atomic mass is 35.5. The van der Waals surface area contributed by atoms with Gasteiger partial charge in [0.25, 0.3) is 10.0 Å². The number of nitrogens with zero attached hydrogens (tertiary/aromatic N) is 3. The minimum Gasteiger partial charge on any atom is -0.354 e. The van der Waals surface area contributed by atoms with Crippen molar-refractivity contribution in [2.45, 2.75) is 11.9 Å². The molecule has 0 radical (unpaired) electrons. The molecule has 0 atom stereocenters. The van der Waals surface area contributed by atoms with Gasteiger partial charge in [0.15, 0.2) is 5.03 Å². The van der Waals surface area contributed by atoms with Crippen LogP contribution < -0.4 is 14.9 Å². The van der Waals surface area contributed by atoms with E-state index in [9.17, 15) is 8.42 Å². The molecule has 1 aromatic carbocycles. The average molecular weight is 444 g/mol. The molecule has 1 saturated heterocycles. The summed E-state index contributed by atoms with van der Waals surface area (Å²) < 4.78 is 28.4. The highest BCUT2D eigenvalue weighted by Gasteiger charge is 2.20. The van der Waals surface area contributed by atoms with Gasteiger partial charge in [-0.15, -0.1) is 0 Å². The SMILES string of the molecule is Cc1ccccc1-c1nc(NS(=O)(=O)c2cccc(N3CCNCC3)n2)ccc1Cl. The van der Waals surface area contributed by atoms with E-state index in [-0.39, 0.29) is 10.8 Å². The monoisotopic (exact) mass is 443 g/mol. The Kier molecular flexibility index (Phi) is 5.90. The van der Waals surface area contributed by atoms with Gasteiger partial charge in [-0.3, -0.25) is 4.72 Å². The molecular formula is C21H22ClN5O2S. The van der Waals surface area contributed by atoms with Gasteiger partial charge in [-0.05, 0) is 36.8 Å². The zero-order chi connectivity index (χ0) is 21.1. The second kappa shape index (κ2) is 8.59. The Morgan fingerprint density at radius 1 is 1.00 bits per heavy atom. The second-order valence-electron chi connectivity index (χ2n) is 7.02. The van der Waals surface area contributed by atoms with E-state index in [4.69, 9.17) is 11.6 Å². The van der Waals surface area contributed by atoms with Crippen molar-refractivity contribution >= 4 is 33.3 Å². The van der Waals surface area contributed by atoms with E-state index in [1.807, 2.05) is 37.3 Å². The van der Waals surface area contributed by atoms with E-state index >= 15 is 0 Å². The third-order valence-corrected chi connectivity index (χ3v) is 6.47. The number of pyridine rings is 2. The number of rotatable bonds is 5. The molecule has 0 unspecified atom stereocenters. The smallest absolute Gasteiger partial charge is 0.280 e. The first-order valence-electron chi connectivity index (χ1n) is 9.62. The maximum Gasteiger partial charge on any atom is 0.280 e. The molecule has 9 heteroatoms. The molecule has 3 aromatic rings. The summed E-state index contributed by atoms with van der Waals surface area (Å²) in [4.78, 5) is 10.9. The summed E-state index contributed by atoms with van der Waals surface area (Å²) in [5.41, 5.74) is 2.37. The normalized spacial score (nSPS) is 14.5. The van der Waals surface area contributed by atoms with Gasteiger partial charge < -0.3 is 10.2 Å². The molecule has 7 nitrogen and oxygen atoms in total. The lowest BCUT2D eigenvalue weighted by atomic mass is 10.1. The lowest BCUT2D eigenvalue weighted by Crippen LogP contribution is -2.44. The van der Waals surface area contributed by atoms with Crippen molar-refractivity contribution in [1.82, 2.24) is 15.3 Å². The number of piperazine rings is 1. The summed E-state index contributed by atoms with van der Waals surface area (Å²) in [6.45, 7) is 5.20. The van der Waals surface area contributed by atoms with Crippen LogP contribution in [0.4, 0.5) is 11.6 Å². The van der Waals surface area contributed by atoms with Gasteiger partial charge in [-0.2, -0.15) is 8.42 Å². The van der Waals surface area contributed by atoms with Crippen molar-refractivity contribution in [2.24, 2.45) is 0 Å². The summed E-state index contributed by atoms with van der Waals surface area (Å²) in [5, 5.41) is 3.67.